The molecular formula is C54H70F4N12O6Si2. The van der Waals surface area contributed by atoms with Gasteiger partial charge in [0.15, 0.2) is 11.3 Å². The average molecular weight is 1120 g/mol. The lowest BCUT2D eigenvalue weighted by molar-refractivity contribution is -0.0504. The van der Waals surface area contributed by atoms with Gasteiger partial charge in [0, 0.05) is 70.2 Å². The molecule has 6 aromatic heterocycles. The van der Waals surface area contributed by atoms with E-state index in [2.05, 4.69) is 74.6 Å². The summed E-state index contributed by atoms with van der Waals surface area (Å²) in [6.07, 6.45) is 8.84. The number of hydrogen-bond acceptors (Lipinski definition) is 12. The molecule has 1 saturated carbocycles. The van der Waals surface area contributed by atoms with E-state index in [1.165, 1.54) is 18.2 Å². The maximum atomic E-state index is 13.4. The highest BCUT2D eigenvalue weighted by Crippen LogP contribution is 2.36. The van der Waals surface area contributed by atoms with Gasteiger partial charge in [-0.2, -0.15) is 27.8 Å². The molecule has 2 aromatic carbocycles. The number of alkyl halides is 4. The van der Waals surface area contributed by atoms with Gasteiger partial charge in [-0.25, -0.2) is 19.9 Å². The van der Waals surface area contributed by atoms with Crippen LogP contribution in [0.5, 0.6) is 11.5 Å². The molecule has 0 atom stereocenters. The van der Waals surface area contributed by atoms with Gasteiger partial charge in [0.25, 0.3) is 11.8 Å². The van der Waals surface area contributed by atoms with E-state index in [1.807, 2.05) is 46.2 Å². The molecular weight excluding hydrogens is 1040 g/mol. The summed E-state index contributed by atoms with van der Waals surface area (Å²) in [7, 11) is -2.51. The summed E-state index contributed by atoms with van der Waals surface area (Å²) in [5, 5.41) is 19.2. The van der Waals surface area contributed by atoms with Crippen LogP contribution in [-0.4, -0.2) is 115 Å². The van der Waals surface area contributed by atoms with Gasteiger partial charge in [-0.15, -0.1) is 0 Å². The molecule has 2 amide bonds. The number of ether oxygens (including phenoxy) is 4. The lowest BCUT2D eigenvalue weighted by Gasteiger charge is -2.20. The quantitative estimate of drug-likeness (QED) is 0.0371. The van der Waals surface area contributed by atoms with Crippen molar-refractivity contribution in [3.05, 3.63) is 72.3 Å². The van der Waals surface area contributed by atoms with Gasteiger partial charge in [-0.3, -0.25) is 19.4 Å². The van der Waals surface area contributed by atoms with Crippen LogP contribution in [0.2, 0.25) is 51.4 Å². The number of aromatic amines is 1. The predicted octanol–water partition coefficient (Wildman–Crippen LogP) is 11.7. The zero-order chi connectivity index (χ0) is 56.5. The third kappa shape index (κ3) is 14.9. The molecule has 8 aromatic rings. The van der Waals surface area contributed by atoms with Crippen molar-refractivity contribution in [2.45, 2.75) is 150 Å². The van der Waals surface area contributed by atoms with Gasteiger partial charge >= 0.3 is 13.2 Å². The van der Waals surface area contributed by atoms with Crippen LogP contribution in [0.3, 0.4) is 0 Å². The number of carbonyl (C=O) groups is 2. The highest BCUT2D eigenvalue weighted by molar-refractivity contribution is 6.76. The number of nitrogens with one attached hydrogen (secondary N) is 3. The number of nitrogens with zero attached hydrogens (tertiary/aromatic N) is 9. The summed E-state index contributed by atoms with van der Waals surface area (Å²) < 4.78 is 78.0. The van der Waals surface area contributed by atoms with E-state index < -0.39 is 40.4 Å². The molecule has 1 aliphatic carbocycles. The van der Waals surface area contributed by atoms with E-state index in [9.17, 15) is 27.2 Å². The van der Waals surface area contributed by atoms with Gasteiger partial charge < -0.3 is 38.7 Å². The van der Waals surface area contributed by atoms with Crippen molar-refractivity contribution in [2.24, 2.45) is 5.92 Å². The van der Waals surface area contributed by atoms with Gasteiger partial charge in [0.1, 0.15) is 58.8 Å². The predicted molar refractivity (Wildman–Crippen MR) is 298 cm³/mol. The largest absolute Gasteiger partial charge is 0.435 e. The fourth-order valence-electron chi connectivity index (χ4n) is 8.33. The number of fused-ring (bicyclic) bond motifs is 4. The van der Waals surface area contributed by atoms with E-state index in [-0.39, 0.29) is 36.8 Å². The summed E-state index contributed by atoms with van der Waals surface area (Å²) in [5.41, 5.74) is 4.80. The fourth-order valence-corrected chi connectivity index (χ4v) is 9.85. The normalized spacial score (nSPS) is 13.5. The second-order valence-electron chi connectivity index (χ2n) is 24.2. The first-order valence-electron chi connectivity index (χ1n) is 26.0. The topological polar surface area (TPSA) is 203 Å². The monoisotopic (exact) mass is 1110 g/mol. The van der Waals surface area contributed by atoms with Gasteiger partial charge in [0.05, 0.1) is 34.6 Å². The second kappa shape index (κ2) is 22.9. The van der Waals surface area contributed by atoms with Gasteiger partial charge in [-0.1, -0.05) is 39.3 Å². The molecule has 0 unspecified atom stereocenters. The molecule has 1 aliphatic rings. The molecule has 0 aliphatic heterocycles. The minimum Gasteiger partial charge on any atom is -0.435 e. The molecule has 78 heavy (non-hydrogen) atoms. The number of halogens is 4. The van der Waals surface area contributed by atoms with Crippen LogP contribution in [0.25, 0.3) is 66.9 Å². The third-order valence-corrected chi connectivity index (χ3v) is 15.8. The molecule has 24 heteroatoms. The molecule has 418 valence electrons. The first kappa shape index (κ1) is 57.4. The van der Waals surface area contributed by atoms with E-state index >= 15 is 0 Å². The molecule has 3 N–H and O–H groups in total. The summed E-state index contributed by atoms with van der Waals surface area (Å²) >= 11 is 0. The van der Waals surface area contributed by atoms with Gasteiger partial charge in [-0.05, 0) is 109 Å². The fraction of sp³-hybridized carbons (Fsp3) is 0.481. The smallest absolute Gasteiger partial charge is 0.387 e. The summed E-state index contributed by atoms with van der Waals surface area (Å²) in [6, 6.07) is 11.4. The Labute approximate surface area is 452 Å². The maximum absolute atomic E-state index is 13.4. The number of H-pyrrole nitrogens is 1. The SMILES string of the molecule is CC(C)(C)NC(=O)c1cn(COCC[Si](C)(C)C)c2ncc(-c3n[nH]c4ccc(OC(F)F)cc34)nc12.CC(C)(C)NC(=O)c1cn(COCC[Si](C)(C)C)c2ncc(-c3nn(CC4CC4)c4ccc(OC(F)F)cc34)nc12. The zero-order valence-electron chi connectivity index (χ0n) is 46.4. The van der Waals surface area contributed by atoms with Crippen molar-refractivity contribution in [3.63, 3.8) is 0 Å². The number of hydrogen-bond donors (Lipinski definition) is 3. The Morgan fingerprint density at radius 3 is 1.63 bits per heavy atom. The van der Waals surface area contributed by atoms with E-state index in [1.54, 1.807) is 52.1 Å². The molecule has 18 nitrogen and oxygen atoms in total. The summed E-state index contributed by atoms with van der Waals surface area (Å²) in [6.45, 7) is 21.7. The first-order valence-corrected chi connectivity index (χ1v) is 33.4. The van der Waals surface area contributed by atoms with Crippen LogP contribution in [0.4, 0.5) is 17.6 Å². The van der Waals surface area contributed by atoms with E-state index in [0.717, 1.165) is 37.0 Å². The molecule has 1 fully saturated rings. The lowest BCUT2D eigenvalue weighted by atomic mass is 10.1. The highest BCUT2D eigenvalue weighted by Gasteiger charge is 2.28. The minimum atomic E-state index is -2.94. The molecule has 0 bridgehead atoms. The van der Waals surface area contributed by atoms with Crippen molar-refractivity contribution < 1.29 is 46.1 Å². The second-order valence-corrected chi connectivity index (χ2v) is 35.4. The lowest BCUT2D eigenvalue weighted by Crippen LogP contribution is -2.40. The van der Waals surface area contributed by atoms with Gasteiger partial charge in [0.2, 0.25) is 0 Å². The Kier molecular flexibility index (Phi) is 16.9. The molecule has 6 heterocycles. The highest BCUT2D eigenvalue weighted by atomic mass is 28.3. The number of benzene rings is 2. The van der Waals surface area contributed by atoms with Crippen LogP contribution in [0, 0.1) is 5.92 Å². The minimum absolute atomic E-state index is 0.00560. The summed E-state index contributed by atoms with van der Waals surface area (Å²) in [4.78, 5) is 45.4. The van der Waals surface area contributed by atoms with Crippen molar-refractivity contribution in [1.29, 1.82) is 0 Å². The third-order valence-electron chi connectivity index (χ3n) is 12.4. The molecule has 0 radical (unpaired) electrons. The Bertz CT molecular complexity index is 3440. The maximum Gasteiger partial charge on any atom is 0.387 e. The Morgan fingerprint density at radius 2 is 1.17 bits per heavy atom. The average Bonchev–Trinajstić information content (AvgIpc) is 3.72. The van der Waals surface area contributed by atoms with Crippen LogP contribution < -0.4 is 20.1 Å². The van der Waals surface area contributed by atoms with Crippen molar-refractivity contribution in [2.75, 3.05) is 13.2 Å². The molecule has 9 rings (SSSR count). The van der Waals surface area contributed by atoms with Crippen LogP contribution >= 0.6 is 0 Å². The van der Waals surface area contributed by atoms with Crippen LogP contribution in [0.15, 0.2) is 61.2 Å². The number of amides is 2. The summed E-state index contributed by atoms with van der Waals surface area (Å²) in [5.74, 6) is 0.0294. The Hall–Kier alpha value is -6.77. The van der Waals surface area contributed by atoms with Crippen molar-refractivity contribution >= 4 is 72.1 Å². The Balaban J connectivity index is 0.000000207. The van der Waals surface area contributed by atoms with Crippen LogP contribution in [-0.2, 0) is 29.5 Å². The number of rotatable bonds is 20. The van der Waals surface area contributed by atoms with Crippen molar-refractivity contribution in [1.82, 2.24) is 59.7 Å². The first-order chi connectivity index (χ1) is 36.6. The number of carbonyl (C=O) groups excluding carboxylic acids is 2. The Morgan fingerprint density at radius 1 is 0.692 bits per heavy atom. The zero-order valence-corrected chi connectivity index (χ0v) is 48.4. The molecule has 0 saturated heterocycles. The number of aromatic nitrogens is 10. The van der Waals surface area contributed by atoms with E-state index in [0.29, 0.717) is 91.7 Å². The molecule has 0 spiro atoms. The van der Waals surface area contributed by atoms with Crippen molar-refractivity contribution in [3.8, 4) is 34.3 Å². The standard InChI is InChI=1S/C29H38F2N6O3Si.C25H32F2N6O3Si/c1-29(2,3)34-27(38)21-16-36(17-39-11-12-41(4,5)6)26-25(21)33-22(14-32-26)24-20-13-19(40-28(30)31)9-10-23(20)37(35-24)15-18-7-8-18;1-25(2,3)30-23(34)17-13-33(14-35-9-10-37(4,5)6)22-21(17)29-19(12-28-22)20-16-11-15(36-24(26)27)7-8-18(16)31-32-20/h9-10,13-14,16,18,28H,7-8,11-12,15,17H2,1-6H3,(H,34,38);7-8,11-13,24H,9-10,14H2,1-6H3,(H,30,34)(H,31,32). The van der Waals surface area contributed by atoms with Crippen LogP contribution in [0.1, 0.15) is 75.1 Å². The van der Waals surface area contributed by atoms with E-state index in [4.69, 9.17) is 29.5 Å².